The molecule has 176 valence electrons. The Hall–Kier alpha value is -2.36. The number of benzene rings is 2. The summed E-state index contributed by atoms with van der Waals surface area (Å²) in [5.41, 5.74) is 2.31. The summed E-state index contributed by atoms with van der Waals surface area (Å²) < 4.78 is 16.4. The molecule has 0 saturated carbocycles. The highest BCUT2D eigenvalue weighted by Crippen LogP contribution is 2.39. The second-order valence-electron chi connectivity index (χ2n) is 7.42. The molecule has 3 rings (SSSR count). The zero-order chi connectivity index (χ0) is 22.1. The monoisotopic (exact) mass is 554 g/mol. The third-order valence-corrected chi connectivity index (χ3v) is 5.43. The minimum atomic E-state index is 0. The molecule has 2 N–H and O–H groups in total. The average Bonchev–Trinajstić information content (AvgIpc) is 3.27. The van der Waals surface area contributed by atoms with Gasteiger partial charge >= 0.3 is 0 Å². The van der Waals surface area contributed by atoms with Crippen molar-refractivity contribution in [3.8, 4) is 17.2 Å². The Kier molecular flexibility index (Phi) is 10.7. The zero-order valence-corrected chi connectivity index (χ0v) is 21.7. The van der Waals surface area contributed by atoms with Gasteiger partial charge < -0.3 is 29.7 Å². The topological polar surface area (TPSA) is 67.4 Å². The molecule has 2 aromatic rings. The van der Waals surface area contributed by atoms with Crippen LogP contribution in [-0.4, -0.2) is 59.5 Å². The van der Waals surface area contributed by atoms with Crippen LogP contribution in [0.5, 0.6) is 17.2 Å². The highest BCUT2D eigenvalue weighted by Gasteiger charge is 2.23. The summed E-state index contributed by atoms with van der Waals surface area (Å²) in [6.07, 6.45) is 1.82. The molecule has 8 heteroatoms. The number of rotatable bonds is 9. The fourth-order valence-electron chi connectivity index (χ4n) is 3.91. The van der Waals surface area contributed by atoms with Gasteiger partial charge in [0.15, 0.2) is 17.5 Å². The maximum absolute atomic E-state index is 5.59. The van der Waals surface area contributed by atoms with Gasteiger partial charge in [-0.3, -0.25) is 4.99 Å². The summed E-state index contributed by atoms with van der Waals surface area (Å²) in [5.74, 6) is 2.82. The van der Waals surface area contributed by atoms with Crippen LogP contribution < -0.4 is 29.7 Å². The van der Waals surface area contributed by atoms with Crippen molar-refractivity contribution >= 4 is 35.6 Å². The Labute approximate surface area is 208 Å². The van der Waals surface area contributed by atoms with Crippen LogP contribution >= 0.6 is 24.0 Å². The number of para-hydroxylation sites is 1. The molecule has 1 heterocycles. The Morgan fingerprint density at radius 3 is 2.44 bits per heavy atom. The summed E-state index contributed by atoms with van der Waals surface area (Å²) in [5, 5.41) is 6.96. The first kappa shape index (κ1) is 25.9. The van der Waals surface area contributed by atoms with E-state index in [0.29, 0.717) is 29.8 Å². The van der Waals surface area contributed by atoms with E-state index in [9.17, 15) is 0 Å². The molecule has 1 saturated heterocycles. The van der Waals surface area contributed by atoms with Crippen LogP contribution in [0.4, 0.5) is 5.69 Å². The molecule has 1 atom stereocenters. The normalized spacial score (nSPS) is 15.7. The minimum absolute atomic E-state index is 0. The van der Waals surface area contributed by atoms with Crippen molar-refractivity contribution in [1.29, 1.82) is 0 Å². The first-order valence-electron chi connectivity index (χ1n) is 10.8. The van der Waals surface area contributed by atoms with E-state index in [1.807, 2.05) is 12.1 Å². The lowest BCUT2D eigenvalue weighted by molar-refractivity contribution is 0.322. The summed E-state index contributed by atoms with van der Waals surface area (Å²) in [7, 11) is 4.89. The fourth-order valence-corrected chi connectivity index (χ4v) is 3.91. The quantitative estimate of drug-likeness (QED) is 0.280. The Balaban J connectivity index is 0.00000363. The molecule has 0 amide bonds. The van der Waals surface area contributed by atoms with Crippen molar-refractivity contribution in [2.45, 2.75) is 25.8 Å². The summed E-state index contributed by atoms with van der Waals surface area (Å²) in [6.45, 7) is 5.55. The molecule has 1 fully saturated rings. The predicted molar refractivity (Wildman–Crippen MR) is 141 cm³/mol. The second-order valence-corrected chi connectivity index (χ2v) is 7.42. The van der Waals surface area contributed by atoms with E-state index >= 15 is 0 Å². The van der Waals surface area contributed by atoms with E-state index < -0.39 is 0 Å². The fraction of sp³-hybridized carbons (Fsp3) is 0.458. The number of anilines is 1. The van der Waals surface area contributed by atoms with Crippen molar-refractivity contribution in [3.05, 3.63) is 48.0 Å². The summed E-state index contributed by atoms with van der Waals surface area (Å²) in [4.78, 5) is 7.20. The van der Waals surface area contributed by atoms with Gasteiger partial charge in [-0.15, -0.1) is 24.0 Å². The number of halogens is 1. The molecule has 0 bridgehead atoms. The lowest BCUT2D eigenvalue weighted by Crippen LogP contribution is -2.44. The van der Waals surface area contributed by atoms with Crippen LogP contribution in [0.1, 0.15) is 18.9 Å². The Morgan fingerprint density at radius 1 is 1.03 bits per heavy atom. The van der Waals surface area contributed by atoms with Crippen LogP contribution in [0.15, 0.2) is 47.5 Å². The number of hydrogen-bond donors (Lipinski definition) is 2. The van der Waals surface area contributed by atoms with Gasteiger partial charge in [-0.1, -0.05) is 24.3 Å². The van der Waals surface area contributed by atoms with Crippen molar-refractivity contribution in [1.82, 2.24) is 10.6 Å². The molecular weight excluding hydrogens is 519 g/mol. The highest BCUT2D eigenvalue weighted by molar-refractivity contribution is 14.0. The molecule has 0 aliphatic carbocycles. The molecule has 0 radical (unpaired) electrons. The van der Waals surface area contributed by atoms with Gasteiger partial charge in [0.25, 0.3) is 0 Å². The average molecular weight is 554 g/mol. The van der Waals surface area contributed by atoms with Gasteiger partial charge in [-0.2, -0.15) is 0 Å². The first-order chi connectivity index (χ1) is 15.2. The SMILES string of the molecule is CCNC(=NCCc1ccc(OC)c(OC)c1OC)NC1CCN(c2ccccc2)C1.I. The molecule has 1 unspecified atom stereocenters. The molecule has 1 aliphatic rings. The lowest BCUT2D eigenvalue weighted by Gasteiger charge is -2.20. The van der Waals surface area contributed by atoms with E-state index in [4.69, 9.17) is 19.2 Å². The van der Waals surface area contributed by atoms with E-state index in [1.165, 1.54) is 5.69 Å². The van der Waals surface area contributed by atoms with Gasteiger partial charge in [-0.25, -0.2) is 0 Å². The third kappa shape index (κ3) is 6.57. The van der Waals surface area contributed by atoms with Crippen LogP contribution in [0.3, 0.4) is 0 Å². The van der Waals surface area contributed by atoms with E-state index in [0.717, 1.165) is 44.0 Å². The number of methoxy groups -OCH3 is 3. The molecule has 0 aromatic heterocycles. The van der Waals surface area contributed by atoms with Crippen LogP contribution in [0.25, 0.3) is 0 Å². The minimum Gasteiger partial charge on any atom is -0.493 e. The number of ether oxygens (including phenoxy) is 3. The number of aliphatic imine (C=N–C) groups is 1. The second kappa shape index (κ2) is 13.2. The zero-order valence-electron chi connectivity index (χ0n) is 19.4. The molecule has 1 aliphatic heterocycles. The van der Waals surface area contributed by atoms with E-state index in [2.05, 4.69) is 52.8 Å². The molecule has 32 heavy (non-hydrogen) atoms. The largest absolute Gasteiger partial charge is 0.493 e. The van der Waals surface area contributed by atoms with Gasteiger partial charge in [0.05, 0.1) is 21.3 Å². The van der Waals surface area contributed by atoms with Crippen LogP contribution in [-0.2, 0) is 6.42 Å². The maximum atomic E-state index is 5.59. The van der Waals surface area contributed by atoms with Gasteiger partial charge in [-0.05, 0) is 38.0 Å². The summed E-state index contributed by atoms with van der Waals surface area (Å²) >= 11 is 0. The van der Waals surface area contributed by atoms with Gasteiger partial charge in [0.2, 0.25) is 5.75 Å². The van der Waals surface area contributed by atoms with Gasteiger partial charge in [0.1, 0.15) is 0 Å². The maximum Gasteiger partial charge on any atom is 0.203 e. The standard InChI is InChI=1S/C24H34N4O3.HI/c1-5-25-24(27-19-14-16-28(17-19)20-9-7-6-8-10-20)26-15-13-18-11-12-21(29-2)23(31-4)22(18)30-3;/h6-12,19H,5,13-17H2,1-4H3,(H2,25,26,27);1H. The Morgan fingerprint density at radius 2 is 1.78 bits per heavy atom. The third-order valence-electron chi connectivity index (χ3n) is 5.43. The Bertz CT molecular complexity index is 864. The van der Waals surface area contributed by atoms with Crippen molar-refractivity contribution < 1.29 is 14.2 Å². The van der Waals surface area contributed by atoms with E-state index in [1.54, 1.807) is 21.3 Å². The smallest absolute Gasteiger partial charge is 0.203 e. The van der Waals surface area contributed by atoms with Crippen LogP contribution in [0, 0.1) is 0 Å². The van der Waals surface area contributed by atoms with Crippen molar-refractivity contribution in [3.63, 3.8) is 0 Å². The van der Waals surface area contributed by atoms with Crippen molar-refractivity contribution in [2.24, 2.45) is 4.99 Å². The number of guanidine groups is 1. The molecule has 2 aromatic carbocycles. The number of nitrogens with zero attached hydrogens (tertiary/aromatic N) is 2. The molecular formula is C24H35IN4O3. The summed E-state index contributed by atoms with van der Waals surface area (Å²) in [6, 6.07) is 14.8. The molecule has 0 spiro atoms. The lowest BCUT2D eigenvalue weighted by atomic mass is 10.1. The van der Waals surface area contributed by atoms with Crippen molar-refractivity contribution in [2.75, 3.05) is 52.4 Å². The highest BCUT2D eigenvalue weighted by atomic mass is 127. The van der Waals surface area contributed by atoms with E-state index in [-0.39, 0.29) is 24.0 Å². The first-order valence-corrected chi connectivity index (χ1v) is 10.8. The molecule has 7 nitrogen and oxygen atoms in total. The predicted octanol–water partition coefficient (Wildman–Crippen LogP) is 3.71. The van der Waals surface area contributed by atoms with Gasteiger partial charge in [0, 0.05) is 43.5 Å². The number of hydrogen-bond acceptors (Lipinski definition) is 5. The number of nitrogens with one attached hydrogen (secondary N) is 2. The van der Waals surface area contributed by atoms with Crippen LogP contribution in [0.2, 0.25) is 0 Å².